The van der Waals surface area contributed by atoms with Gasteiger partial charge in [0.05, 0.1) is 12.0 Å². The molecule has 2 N–H and O–H groups in total. The van der Waals surface area contributed by atoms with E-state index in [9.17, 15) is 15.0 Å². The number of carboxylic acid groups (broad SMARTS) is 1. The molecule has 1 aromatic carbocycles. The van der Waals surface area contributed by atoms with E-state index in [0.717, 1.165) is 0 Å². The first kappa shape index (κ1) is 10.8. The second kappa shape index (κ2) is 3.40. The molecular formula is C12H14O4. The standard InChI is InChI=1S/C12H14O4/c1-12(2,11(14)15)7-6-16-9-5-3-4-8(13)10(7)9/h3-5,7,13H,6H2,1-2H3,(H,14,15). The predicted molar refractivity (Wildman–Crippen MR) is 57.8 cm³/mol. The summed E-state index contributed by atoms with van der Waals surface area (Å²) in [6.45, 7) is 3.59. The van der Waals surface area contributed by atoms with Crippen molar-refractivity contribution in [3.8, 4) is 11.5 Å². The fourth-order valence-corrected chi connectivity index (χ4v) is 1.98. The molecule has 1 aliphatic heterocycles. The summed E-state index contributed by atoms with van der Waals surface area (Å²) in [4.78, 5) is 11.2. The van der Waals surface area contributed by atoms with Crippen LogP contribution in [0.1, 0.15) is 25.3 Å². The van der Waals surface area contributed by atoms with Gasteiger partial charge in [0.1, 0.15) is 11.5 Å². The first-order valence-electron chi connectivity index (χ1n) is 5.12. The summed E-state index contributed by atoms with van der Waals surface area (Å²) >= 11 is 0. The SMILES string of the molecule is CC(C)(C(=O)O)C1COc2cccc(O)c21. The average Bonchev–Trinajstić information content (AvgIpc) is 2.63. The fraction of sp³-hybridized carbons (Fsp3) is 0.417. The van der Waals surface area contributed by atoms with Gasteiger partial charge in [0, 0.05) is 11.5 Å². The van der Waals surface area contributed by atoms with Crippen molar-refractivity contribution < 1.29 is 19.7 Å². The fourth-order valence-electron chi connectivity index (χ4n) is 1.98. The minimum Gasteiger partial charge on any atom is -0.508 e. The van der Waals surface area contributed by atoms with Crippen LogP contribution in [0.5, 0.6) is 11.5 Å². The molecule has 86 valence electrons. The van der Waals surface area contributed by atoms with E-state index in [1.807, 2.05) is 0 Å². The van der Waals surface area contributed by atoms with Crippen molar-refractivity contribution >= 4 is 5.97 Å². The largest absolute Gasteiger partial charge is 0.508 e. The molecular weight excluding hydrogens is 208 g/mol. The van der Waals surface area contributed by atoms with Gasteiger partial charge in [0.2, 0.25) is 0 Å². The van der Waals surface area contributed by atoms with E-state index in [1.54, 1.807) is 32.0 Å². The van der Waals surface area contributed by atoms with Gasteiger partial charge in [0.15, 0.2) is 0 Å². The average molecular weight is 222 g/mol. The van der Waals surface area contributed by atoms with Gasteiger partial charge in [-0.1, -0.05) is 6.07 Å². The number of rotatable bonds is 2. The Kier molecular flexibility index (Phi) is 2.30. The minimum absolute atomic E-state index is 0.106. The summed E-state index contributed by atoms with van der Waals surface area (Å²) in [7, 11) is 0. The number of carbonyl (C=O) groups is 1. The zero-order valence-electron chi connectivity index (χ0n) is 9.23. The molecule has 16 heavy (non-hydrogen) atoms. The third-order valence-electron chi connectivity index (χ3n) is 3.22. The highest BCUT2D eigenvalue weighted by Gasteiger charge is 2.43. The molecule has 0 fully saturated rings. The molecule has 0 radical (unpaired) electrons. The zero-order valence-corrected chi connectivity index (χ0v) is 9.23. The molecule has 0 saturated carbocycles. The van der Waals surface area contributed by atoms with Crippen LogP contribution >= 0.6 is 0 Å². The molecule has 4 heteroatoms. The van der Waals surface area contributed by atoms with Crippen LogP contribution in [0.3, 0.4) is 0 Å². The number of fused-ring (bicyclic) bond motifs is 1. The second-order valence-corrected chi connectivity index (χ2v) is 4.58. The molecule has 4 nitrogen and oxygen atoms in total. The van der Waals surface area contributed by atoms with E-state index < -0.39 is 11.4 Å². The number of ether oxygens (including phenoxy) is 1. The van der Waals surface area contributed by atoms with Gasteiger partial charge in [0.25, 0.3) is 0 Å². The lowest BCUT2D eigenvalue weighted by atomic mass is 9.76. The summed E-state index contributed by atoms with van der Waals surface area (Å²) < 4.78 is 5.41. The van der Waals surface area contributed by atoms with Crippen molar-refractivity contribution in [3.05, 3.63) is 23.8 Å². The van der Waals surface area contributed by atoms with Gasteiger partial charge in [-0.05, 0) is 26.0 Å². The molecule has 1 aromatic rings. The van der Waals surface area contributed by atoms with E-state index in [4.69, 9.17) is 4.74 Å². The van der Waals surface area contributed by atoms with Crippen LogP contribution in [-0.2, 0) is 4.79 Å². The number of phenolic OH excluding ortho intramolecular Hbond substituents is 1. The van der Waals surface area contributed by atoms with Crippen molar-refractivity contribution in [3.63, 3.8) is 0 Å². The third-order valence-corrected chi connectivity index (χ3v) is 3.22. The monoisotopic (exact) mass is 222 g/mol. The molecule has 0 saturated heterocycles. The first-order chi connectivity index (χ1) is 7.44. The topological polar surface area (TPSA) is 66.8 Å². The molecule has 1 heterocycles. The van der Waals surface area contributed by atoms with E-state index >= 15 is 0 Å². The first-order valence-corrected chi connectivity index (χ1v) is 5.12. The molecule has 1 atom stereocenters. The van der Waals surface area contributed by atoms with Crippen LogP contribution in [0.15, 0.2) is 18.2 Å². The molecule has 0 amide bonds. The van der Waals surface area contributed by atoms with Crippen LogP contribution in [0, 0.1) is 5.41 Å². The van der Waals surface area contributed by atoms with Crippen molar-refractivity contribution in [1.82, 2.24) is 0 Å². The van der Waals surface area contributed by atoms with Gasteiger partial charge >= 0.3 is 5.97 Å². The van der Waals surface area contributed by atoms with Gasteiger partial charge in [-0.2, -0.15) is 0 Å². The number of benzene rings is 1. The van der Waals surface area contributed by atoms with Crippen LogP contribution in [0.25, 0.3) is 0 Å². The smallest absolute Gasteiger partial charge is 0.309 e. The summed E-state index contributed by atoms with van der Waals surface area (Å²) in [5.74, 6) is -0.521. The predicted octanol–water partition coefficient (Wildman–Crippen LogP) is 1.98. The summed E-state index contributed by atoms with van der Waals surface area (Å²) in [6, 6.07) is 4.98. The highest BCUT2D eigenvalue weighted by atomic mass is 16.5. The summed E-state index contributed by atoms with van der Waals surface area (Å²) in [5, 5.41) is 19.0. The Morgan fingerprint density at radius 2 is 2.19 bits per heavy atom. The Morgan fingerprint density at radius 3 is 2.81 bits per heavy atom. The maximum absolute atomic E-state index is 11.2. The van der Waals surface area contributed by atoms with Crippen molar-refractivity contribution in [2.24, 2.45) is 5.41 Å². The molecule has 0 bridgehead atoms. The maximum atomic E-state index is 11.2. The molecule has 1 aliphatic rings. The maximum Gasteiger partial charge on any atom is 0.309 e. The molecule has 0 aromatic heterocycles. The second-order valence-electron chi connectivity index (χ2n) is 4.58. The third kappa shape index (κ3) is 1.41. The number of hydrogen-bond donors (Lipinski definition) is 2. The van der Waals surface area contributed by atoms with E-state index in [2.05, 4.69) is 0 Å². The minimum atomic E-state index is -0.954. The van der Waals surface area contributed by atoms with Gasteiger partial charge in [-0.25, -0.2) is 0 Å². The van der Waals surface area contributed by atoms with Gasteiger partial charge < -0.3 is 14.9 Å². The normalized spacial score (nSPS) is 19.0. The lowest BCUT2D eigenvalue weighted by molar-refractivity contribution is -0.148. The van der Waals surface area contributed by atoms with Crippen LogP contribution in [-0.4, -0.2) is 22.8 Å². The lowest BCUT2D eigenvalue weighted by Crippen LogP contribution is -2.32. The lowest BCUT2D eigenvalue weighted by Gasteiger charge is -2.26. The number of phenols is 1. The highest BCUT2D eigenvalue weighted by Crippen LogP contribution is 2.48. The molecule has 2 rings (SSSR count). The molecule has 0 spiro atoms. The van der Waals surface area contributed by atoms with Gasteiger partial charge in [-0.3, -0.25) is 4.79 Å². The summed E-state index contributed by atoms with van der Waals surface area (Å²) in [6.07, 6.45) is 0. The highest BCUT2D eigenvalue weighted by molar-refractivity contribution is 5.76. The Labute approximate surface area is 93.5 Å². The van der Waals surface area contributed by atoms with E-state index in [1.165, 1.54) is 0 Å². The summed E-state index contributed by atoms with van der Waals surface area (Å²) in [5.41, 5.74) is -0.348. The Morgan fingerprint density at radius 1 is 1.50 bits per heavy atom. The van der Waals surface area contributed by atoms with Crippen LogP contribution < -0.4 is 4.74 Å². The number of carboxylic acids is 1. The van der Waals surface area contributed by atoms with E-state index in [0.29, 0.717) is 17.9 Å². The van der Waals surface area contributed by atoms with E-state index in [-0.39, 0.29) is 11.7 Å². The van der Waals surface area contributed by atoms with Crippen molar-refractivity contribution in [2.45, 2.75) is 19.8 Å². The quantitative estimate of drug-likeness (QED) is 0.802. The Bertz CT molecular complexity index is 437. The van der Waals surface area contributed by atoms with Gasteiger partial charge in [-0.15, -0.1) is 0 Å². The van der Waals surface area contributed by atoms with Crippen LogP contribution in [0.2, 0.25) is 0 Å². The van der Waals surface area contributed by atoms with Crippen molar-refractivity contribution in [2.75, 3.05) is 6.61 Å². The number of aliphatic carboxylic acids is 1. The zero-order chi connectivity index (χ0) is 11.9. The Hall–Kier alpha value is -1.71. The number of aromatic hydroxyl groups is 1. The number of hydrogen-bond acceptors (Lipinski definition) is 3. The van der Waals surface area contributed by atoms with Crippen LogP contribution in [0.4, 0.5) is 0 Å². The molecule has 1 unspecified atom stereocenters. The Balaban J connectivity index is 2.48. The molecule has 0 aliphatic carbocycles. The van der Waals surface area contributed by atoms with Crippen molar-refractivity contribution in [1.29, 1.82) is 0 Å².